The Morgan fingerprint density at radius 3 is 2.10 bits per heavy atom. The Morgan fingerprint density at radius 1 is 1.20 bits per heavy atom. The predicted octanol–water partition coefficient (Wildman–Crippen LogP) is 4.38. The molecule has 0 N–H and O–H groups in total. The molecular formula is C12H24F3NO3Si. The highest BCUT2D eigenvalue weighted by molar-refractivity contribution is 6.69. The number of halogens is 3. The average Bonchev–Trinajstić information content (AvgIpc) is 2.19. The van der Waals surface area contributed by atoms with Crippen molar-refractivity contribution in [3.8, 4) is 0 Å². The maximum absolute atomic E-state index is 12.9. The molecule has 0 aromatic carbocycles. The molecule has 0 aromatic heterocycles. The summed E-state index contributed by atoms with van der Waals surface area (Å²) in [6.45, 7) is 7.20. The summed E-state index contributed by atoms with van der Waals surface area (Å²) in [6.07, 6.45) is -3.03. The lowest BCUT2D eigenvalue weighted by molar-refractivity contribution is -0.573. The monoisotopic (exact) mass is 315 g/mol. The van der Waals surface area contributed by atoms with Crippen LogP contribution in [0.1, 0.15) is 39.0 Å². The lowest BCUT2D eigenvalue weighted by Gasteiger charge is -2.29. The topological polar surface area (TPSA) is 52.4 Å². The SMILES string of the molecule is CCCCCC[C@@H](O[Si](C)(C)C)[C@H]([N+](=O)[O-])C(F)(F)F. The summed E-state index contributed by atoms with van der Waals surface area (Å²) >= 11 is 0. The Balaban J connectivity index is 4.92. The molecule has 0 unspecified atom stereocenters. The van der Waals surface area contributed by atoms with E-state index in [1.54, 1.807) is 19.6 Å². The predicted molar refractivity (Wildman–Crippen MR) is 73.8 cm³/mol. The van der Waals surface area contributed by atoms with E-state index in [4.69, 9.17) is 4.43 Å². The second-order valence-electron chi connectivity index (χ2n) is 5.89. The zero-order chi connectivity index (χ0) is 16.0. The van der Waals surface area contributed by atoms with E-state index in [-0.39, 0.29) is 6.42 Å². The van der Waals surface area contributed by atoms with Crippen LogP contribution in [-0.2, 0) is 4.43 Å². The third kappa shape index (κ3) is 7.84. The molecule has 2 atom stereocenters. The van der Waals surface area contributed by atoms with Crippen molar-refractivity contribution in [2.75, 3.05) is 0 Å². The van der Waals surface area contributed by atoms with Crippen molar-refractivity contribution in [2.24, 2.45) is 0 Å². The van der Waals surface area contributed by atoms with Gasteiger partial charge < -0.3 is 4.43 Å². The molecule has 0 aliphatic rings. The largest absolute Gasteiger partial charge is 0.460 e. The van der Waals surface area contributed by atoms with Crippen LogP contribution in [0.25, 0.3) is 0 Å². The van der Waals surface area contributed by atoms with Crippen molar-refractivity contribution in [1.29, 1.82) is 0 Å². The van der Waals surface area contributed by atoms with Gasteiger partial charge in [-0.05, 0) is 26.1 Å². The number of rotatable bonds is 9. The summed E-state index contributed by atoms with van der Waals surface area (Å²) in [4.78, 5) is 9.52. The summed E-state index contributed by atoms with van der Waals surface area (Å²) < 4.78 is 44.0. The van der Waals surface area contributed by atoms with Crippen LogP contribution in [-0.4, -0.2) is 31.6 Å². The molecule has 8 heteroatoms. The van der Waals surface area contributed by atoms with Crippen molar-refractivity contribution < 1.29 is 22.5 Å². The van der Waals surface area contributed by atoms with E-state index in [0.29, 0.717) is 6.42 Å². The summed E-state index contributed by atoms with van der Waals surface area (Å²) in [5.74, 6) is 0. The molecule has 0 aliphatic carbocycles. The summed E-state index contributed by atoms with van der Waals surface area (Å²) in [5, 5.41) is 10.8. The van der Waals surface area contributed by atoms with Crippen LogP contribution in [0.15, 0.2) is 0 Å². The van der Waals surface area contributed by atoms with E-state index in [1.165, 1.54) is 0 Å². The lowest BCUT2D eigenvalue weighted by atomic mass is 10.0. The van der Waals surface area contributed by atoms with Gasteiger partial charge in [-0.3, -0.25) is 10.1 Å². The summed E-state index contributed by atoms with van der Waals surface area (Å²) in [5.41, 5.74) is 0. The van der Waals surface area contributed by atoms with Gasteiger partial charge in [0, 0.05) is 4.92 Å². The van der Waals surface area contributed by atoms with Crippen molar-refractivity contribution in [1.82, 2.24) is 0 Å². The Morgan fingerprint density at radius 2 is 1.75 bits per heavy atom. The van der Waals surface area contributed by atoms with Gasteiger partial charge in [0.15, 0.2) is 8.32 Å². The van der Waals surface area contributed by atoms with Crippen LogP contribution in [0, 0.1) is 10.1 Å². The molecular weight excluding hydrogens is 291 g/mol. The molecule has 0 saturated carbocycles. The van der Waals surface area contributed by atoms with E-state index < -0.39 is 31.6 Å². The number of hydrogen-bond acceptors (Lipinski definition) is 3. The molecule has 0 aromatic rings. The minimum Gasteiger partial charge on any atom is -0.407 e. The number of nitro groups is 1. The summed E-state index contributed by atoms with van der Waals surface area (Å²) in [7, 11) is -2.28. The van der Waals surface area contributed by atoms with E-state index in [9.17, 15) is 23.3 Å². The van der Waals surface area contributed by atoms with Gasteiger partial charge >= 0.3 is 12.2 Å². The quantitative estimate of drug-likeness (QED) is 0.274. The molecule has 0 heterocycles. The first-order valence-electron chi connectivity index (χ1n) is 6.87. The summed E-state index contributed by atoms with van der Waals surface area (Å²) in [6, 6.07) is -2.63. The zero-order valence-corrected chi connectivity index (χ0v) is 13.5. The van der Waals surface area contributed by atoms with Crippen LogP contribution in [0.2, 0.25) is 19.6 Å². The lowest BCUT2D eigenvalue weighted by Crippen LogP contribution is -2.50. The molecule has 4 nitrogen and oxygen atoms in total. The van der Waals surface area contributed by atoms with Gasteiger partial charge in [-0.25, -0.2) is 0 Å². The highest BCUT2D eigenvalue weighted by Crippen LogP contribution is 2.30. The highest BCUT2D eigenvalue weighted by atomic mass is 28.4. The third-order valence-corrected chi connectivity index (χ3v) is 3.77. The van der Waals surface area contributed by atoms with Crippen LogP contribution in [0.4, 0.5) is 13.2 Å². The number of nitrogens with zero attached hydrogens (tertiary/aromatic N) is 1. The van der Waals surface area contributed by atoms with Crippen LogP contribution in [0.5, 0.6) is 0 Å². The second kappa shape index (κ2) is 7.97. The molecule has 0 aliphatic heterocycles. The Hall–Kier alpha value is -0.633. The third-order valence-electron chi connectivity index (χ3n) is 2.76. The van der Waals surface area contributed by atoms with Gasteiger partial charge in [-0.1, -0.05) is 32.6 Å². The van der Waals surface area contributed by atoms with Gasteiger partial charge in [0.1, 0.15) is 6.10 Å². The normalized spacial score (nSPS) is 15.9. The van der Waals surface area contributed by atoms with E-state index in [2.05, 4.69) is 0 Å². The van der Waals surface area contributed by atoms with Crippen molar-refractivity contribution >= 4 is 8.32 Å². The molecule has 0 fully saturated rings. The molecule has 120 valence electrons. The van der Waals surface area contributed by atoms with Crippen molar-refractivity contribution in [2.45, 2.75) is 77.0 Å². The number of hydrogen-bond donors (Lipinski definition) is 0. The van der Waals surface area contributed by atoms with Crippen molar-refractivity contribution in [3.05, 3.63) is 10.1 Å². The minimum atomic E-state index is -4.88. The van der Waals surface area contributed by atoms with Gasteiger partial charge in [0.05, 0.1) is 0 Å². The van der Waals surface area contributed by atoms with Gasteiger partial charge in [0.25, 0.3) is 0 Å². The maximum Gasteiger partial charge on any atom is 0.460 e. The smallest absolute Gasteiger partial charge is 0.407 e. The van der Waals surface area contributed by atoms with Crippen LogP contribution >= 0.6 is 0 Å². The molecule has 0 rings (SSSR count). The van der Waals surface area contributed by atoms with Gasteiger partial charge in [0.2, 0.25) is 0 Å². The maximum atomic E-state index is 12.9. The van der Waals surface area contributed by atoms with Gasteiger partial charge in [-0.2, -0.15) is 13.2 Å². The number of alkyl halides is 3. The van der Waals surface area contributed by atoms with E-state index in [0.717, 1.165) is 19.3 Å². The Bertz CT molecular complexity index is 305. The molecule has 0 amide bonds. The first-order valence-corrected chi connectivity index (χ1v) is 10.3. The van der Waals surface area contributed by atoms with Crippen LogP contribution in [0.3, 0.4) is 0 Å². The Kier molecular flexibility index (Phi) is 7.72. The average molecular weight is 315 g/mol. The fourth-order valence-corrected chi connectivity index (χ4v) is 3.13. The number of unbranched alkanes of at least 4 members (excludes halogenated alkanes) is 3. The fourth-order valence-electron chi connectivity index (χ4n) is 1.97. The minimum absolute atomic E-state index is 0.0788. The van der Waals surface area contributed by atoms with Crippen molar-refractivity contribution in [3.63, 3.8) is 0 Å². The van der Waals surface area contributed by atoms with Gasteiger partial charge in [-0.15, -0.1) is 0 Å². The molecule has 0 bridgehead atoms. The molecule has 0 saturated heterocycles. The van der Waals surface area contributed by atoms with E-state index in [1.807, 2.05) is 6.92 Å². The van der Waals surface area contributed by atoms with E-state index >= 15 is 0 Å². The molecule has 0 radical (unpaired) electrons. The second-order valence-corrected chi connectivity index (χ2v) is 10.4. The first kappa shape index (κ1) is 19.4. The molecule has 0 spiro atoms. The van der Waals surface area contributed by atoms with Crippen LogP contribution < -0.4 is 0 Å². The molecule has 20 heavy (non-hydrogen) atoms. The zero-order valence-electron chi connectivity index (χ0n) is 12.5. The fraction of sp³-hybridized carbons (Fsp3) is 1.00. The highest BCUT2D eigenvalue weighted by Gasteiger charge is 2.55. The Labute approximate surface area is 119 Å². The first-order chi connectivity index (χ1) is 8.99. The standard InChI is InChI=1S/C12H24F3NO3Si/c1-5-6-7-8-9-10(19-20(2,3)4)11(16(17)18)12(13,14)15/h10-11H,5-9H2,1-4H3/t10-,11+/m1/s1.